The van der Waals surface area contributed by atoms with Gasteiger partial charge >= 0.3 is 0 Å². The van der Waals surface area contributed by atoms with Crippen molar-refractivity contribution in [1.29, 1.82) is 0 Å². The zero-order chi connectivity index (χ0) is 13.5. The molecule has 1 aromatic carbocycles. The summed E-state index contributed by atoms with van der Waals surface area (Å²) in [5, 5.41) is 3.60. The summed E-state index contributed by atoms with van der Waals surface area (Å²) in [4.78, 5) is 0. The lowest BCUT2D eigenvalue weighted by Crippen LogP contribution is -2.27. The Bertz CT molecular complexity index is 344. The minimum absolute atomic E-state index is 0.464. The largest absolute Gasteiger partial charge is 0.378 e. The summed E-state index contributed by atoms with van der Waals surface area (Å²) < 4.78 is 5.80. The molecule has 0 radical (unpaired) electrons. The summed E-state index contributed by atoms with van der Waals surface area (Å²) >= 11 is 0. The van der Waals surface area contributed by atoms with Crippen LogP contribution >= 0.6 is 0 Å². The van der Waals surface area contributed by atoms with Gasteiger partial charge in [0.1, 0.15) is 0 Å². The normalized spacial score (nSPS) is 20.9. The van der Waals surface area contributed by atoms with Crippen molar-refractivity contribution < 1.29 is 4.74 Å². The summed E-state index contributed by atoms with van der Waals surface area (Å²) in [5.74, 6) is 1.28. The lowest BCUT2D eigenvalue weighted by atomic mass is 9.92. The smallest absolute Gasteiger partial charge is 0.0582 e. The van der Waals surface area contributed by atoms with Crippen LogP contribution in [0.5, 0.6) is 0 Å². The Labute approximate surface area is 117 Å². The number of ether oxygens (including phenoxy) is 1. The van der Waals surface area contributed by atoms with Crippen LogP contribution in [-0.4, -0.2) is 25.8 Å². The van der Waals surface area contributed by atoms with Gasteiger partial charge in [0.05, 0.1) is 6.10 Å². The average Bonchev–Trinajstić information content (AvgIpc) is 2.91. The molecule has 106 valence electrons. The second-order valence-electron chi connectivity index (χ2n) is 6.03. The van der Waals surface area contributed by atoms with Crippen molar-refractivity contribution in [2.24, 2.45) is 5.92 Å². The molecule has 19 heavy (non-hydrogen) atoms. The molecule has 1 saturated heterocycles. The van der Waals surface area contributed by atoms with Gasteiger partial charge in [0.2, 0.25) is 0 Å². The van der Waals surface area contributed by atoms with Gasteiger partial charge in [0, 0.05) is 13.2 Å². The Kier molecular flexibility index (Phi) is 5.87. The van der Waals surface area contributed by atoms with Gasteiger partial charge in [-0.05, 0) is 43.2 Å². The van der Waals surface area contributed by atoms with E-state index in [9.17, 15) is 0 Å². The molecule has 0 bridgehead atoms. The summed E-state index contributed by atoms with van der Waals surface area (Å²) in [5.41, 5.74) is 1.44. The molecule has 2 atom stereocenters. The first-order valence-corrected chi connectivity index (χ1v) is 7.63. The highest BCUT2D eigenvalue weighted by molar-refractivity contribution is 5.20. The number of benzene rings is 1. The first-order chi connectivity index (χ1) is 9.25. The molecule has 0 spiro atoms. The van der Waals surface area contributed by atoms with Crippen molar-refractivity contribution in [2.45, 2.75) is 45.1 Å². The summed E-state index contributed by atoms with van der Waals surface area (Å²) in [6.07, 6.45) is 4.07. The Morgan fingerprint density at radius 3 is 2.63 bits per heavy atom. The van der Waals surface area contributed by atoms with Gasteiger partial charge in [-0.2, -0.15) is 0 Å². The molecule has 0 amide bonds. The van der Waals surface area contributed by atoms with Crippen LogP contribution in [0.2, 0.25) is 0 Å². The van der Waals surface area contributed by atoms with Crippen molar-refractivity contribution in [2.75, 3.05) is 19.7 Å². The van der Waals surface area contributed by atoms with E-state index in [1.165, 1.54) is 18.4 Å². The Morgan fingerprint density at radius 2 is 2.00 bits per heavy atom. The maximum Gasteiger partial charge on any atom is 0.0582 e. The van der Waals surface area contributed by atoms with Crippen LogP contribution in [0.4, 0.5) is 0 Å². The molecule has 1 N–H and O–H groups in total. The van der Waals surface area contributed by atoms with Gasteiger partial charge in [0.15, 0.2) is 0 Å². The van der Waals surface area contributed by atoms with E-state index >= 15 is 0 Å². The number of nitrogens with one attached hydrogen (secondary N) is 1. The third kappa shape index (κ3) is 4.96. The van der Waals surface area contributed by atoms with E-state index in [-0.39, 0.29) is 0 Å². The van der Waals surface area contributed by atoms with Gasteiger partial charge in [-0.25, -0.2) is 0 Å². The predicted molar refractivity (Wildman–Crippen MR) is 80.5 cm³/mol. The van der Waals surface area contributed by atoms with Crippen LogP contribution in [0.15, 0.2) is 30.3 Å². The SMILES string of the molecule is CC(C)CNCC(CC1CCCO1)c1ccccc1. The van der Waals surface area contributed by atoms with Crippen molar-refractivity contribution >= 4 is 0 Å². The molecule has 0 aliphatic carbocycles. The Balaban J connectivity index is 1.92. The molecule has 1 heterocycles. The lowest BCUT2D eigenvalue weighted by Gasteiger charge is -2.22. The number of rotatable bonds is 7. The van der Waals surface area contributed by atoms with Gasteiger partial charge in [0.25, 0.3) is 0 Å². The molecule has 0 aromatic heterocycles. The van der Waals surface area contributed by atoms with Crippen LogP contribution in [0.3, 0.4) is 0 Å². The first kappa shape index (κ1) is 14.5. The number of hydrogen-bond donors (Lipinski definition) is 1. The van der Waals surface area contributed by atoms with Crippen LogP contribution in [-0.2, 0) is 4.74 Å². The maximum absolute atomic E-state index is 5.80. The van der Waals surface area contributed by atoms with Gasteiger partial charge in [-0.3, -0.25) is 0 Å². The first-order valence-electron chi connectivity index (χ1n) is 7.63. The van der Waals surface area contributed by atoms with E-state index in [1.807, 2.05) is 0 Å². The van der Waals surface area contributed by atoms with E-state index in [2.05, 4.69) is 49.5 Å². The molecule has 1 aliphatic heterocycles. The lowest BCUT2D eigenvalue weighted by molar-refractivity contribution is 0.0976. The minimum atomic E-state index is 0.464. The highest BCUT2D eigenvalue weighted by Crippen LogP contribution is 2.26. The molecular formula is C17H27NO. The predicted octanol–water partition coefficient (Wildman–Crippen LogP) is 3.58. The second kappa shape index (κ2) is 7.66. The zero-order valence-electron chi connectivity index (χ0n) is 12.3. The van der Waals surface area contributed by atoms with E-state index in [1.54, 1.807) is 0 Å². The fraction of sp³-hybridized carbons (Fsp3) is 0.647. The standard InChI is InChI=1S/C17H27NO/c1-14(2)12-18-13-16(11-17-9-6-10-19-17)15-7-4-3-5-8-15/h3-5,7-8,14,16-18H,6,9-13H2,1-2H3. The van der Waals surface area contributed by atoms with Gasteiger partial charge in [-0.15, -0.1) is 0 Å². The van der Waals surface area contributed by atoms with Gasteiger partial charge < -0.3 is 10.1 Å². The average molecular weight is 261 g/mol. The van der Waals surface area contributed by atoms with E-state index in [0.29, 0.717) is 17.9 Å². The molecule has 1 fully saturated rings. The topological polar surface area (TPSA) is 21.3 Å². The molecular weight excluding hydrogens is 234 g/mol. The summed E-state index contributed by atoms with van der Waals surface area (Å²) in [6.45, 7) is 7.61. The molecule has 1 aromatic rings. The van der Waals surface area contributed by atoms with Gasteiger partial charge in [-0.1, -0.05) is 44.2 Å². The fourth-order valence-electron chi connectivity index (χ4n) is 2.76. The van der Waals surface area contributed by atoms with Crippen LogP contribution in [0, 0.1) is 5.92 Å². The third-order valence-electron chi connectivity index (χ3n) is 3.79. The molecule has 2 heteroatoms. The molecule has 2 nitrogen and oxygen atoms in total. The van der Waals surface area contributed by atoms with Crippen LogP contribution < -0.4 is 5.32 Å². The van der Waals surface area contributed by atoms with Crippen molar-refractivity contribution in [3.63, 3.8) is 0 Å². The maximum atomic E-state index is 5.80. The highest BCUT2D eigenvalue weighted by Gasteiger charge is 2.21. The summed E-state index contributed by atoms with van der Waals surface area (Å²) in [7, 11) is 0. The molecule has 1 aliphatic rings. The third-order valence-corrected chi connectivity index (χ3v) is 3.79. The highest BCUT2D eigenvalue weighted by atomic mass is 16.5. The van der Waals surface area contributed by atoms with Crippen LogP contribution in [0.1, 0.15) is 44.6 Å². The minimum Gasteiger partial charge on any atom is -0.378 e. The van der Waals surface area contributed by atoms with Crippen LogP contribution in [0.25, 0.3) is 0 Å². The molecule has 0 saturated carbocycles. The number of hydrogen-bond acceptors (Lipinski definition) is 2. The van der Waals surface area contributed by atoms with E-state index in [0.717, 1.165) is 26.1 Å². The zero-order valence-corrected chi connectivity index (χ0v) is 12.3. The fourth-order valence-corrected chi connectivity index (χ4v) is 2.76. The molecule has 2 unspecified atom stereocenters. The van der Waals surface area contributed by atoms with Crippen molar-refractivity contribution in [3.8, 4) is 0 Å². The van der Waals surface area contributed by atoms with Crippen molar-refractivity contribution in [1.82, 2.24) is 5.32 Å². The van der Waals surface area contributed by atoms with Crippen molar-refractivity contribution in [3.05, 3.63) is 35.9 Å². The van der Waals surface area contributed by atoms with E-state index < -0.39 is 0 Å². The Morgan fingerprint density at radius 1 is 1.21 bits per heavy atom. The van der Waals surface area contributed by atoms with E-state index in [4.69, 9.17) is 4.74 Å². The quantitative estimate of drug-likeness (QED) is 0.810. The second-order valence-corrected chi connectivity index (χ2v) is 6.03. The Hall–Kier alpha value is -0.860. The monoisotopic (exact) mass is 261 g/mol. The molecule has 2 rings (SSSR count). The summed E-state index contributed by atoms with van der Waals surface area (Å²) in [6, 6.07) is 10.9.